The Kier molecular flexibility index (Phi) is 3.72. The molecule has 0 saturated heterocycles. The lowest BCUT2D eigenvalue weighted by Crippen LogP contribution is -2.21. The summed E-state index contributed by atoms with van der Waals surface area (Å²) in [4.78, 5) is 12.4. The SMILES string of the molecule is Cc1ccc(N(C)CCC(=O)O)c(C)c1. The van der Waals surface area contributed by atoms with Gasteiger partial charge < -0.3 is 10.0 Å². The van der Waals surface area contributed by atoms with E-state index in [1.807, 2.05) is 37.9 Å². The van der Waals surface area contributed by atoms with Gasteiger partial charge in [-0.1, -0.05) is 17.7 Å². The Morgan fingerprint density at radius 2 is 2.07 bits per heavy atom. The van der Waals surface area contributed by atoms with Crippen LogP contribution in [-0.4, -0.2) is 24.7 Å². The van der Waals surface area contributed by atoms with Crippen molar-refractivity contribution in [2.45, 2.75) is 20.3 Å². The van der Waals surface area contributed by atoms with Gasteiger partial charge in [0.1, 0.15) is 0 Å². The monoisotopic (exact) mass is 207 g/mol. The molecule has 0 bridgehead atoms. The van der Waals surface area contributed by atoms with E-state index >= 15 is 0 Å². The van der Waals surface area contributed by atoms with Crippen LogP contribution in [0.3, 0.4) is 0 Å². The molecule has 1 aromatic carbocycles. The Hall–Kier alpha value is -1.51. The number of nitrogens with zero attached hydrogens (tertiary/aromatic N) is 1. The first-order valence-electron chi connectivity index (χ1n) is 5.01. The number of rotatable bonds is 4. The van der Waals surface area contributed by atoms with Crippen molar-refractivity contribution in [2.24, 2.45) is 0 Å². The van der Waals surface area contributed by atoms with Gasteiger partial charge in [0.15, 0.2) is 0 Å². The van der Waals surface area contributed by atoms with E-state index in [9.17, 15) is 4.79 Å². The van der Waals surface area contributed by atoms with Crippen molar-refractivity contribution >= 4 is 11.7 Å². The molecule has 0 spiro atoms. The lowest BCUT2D eigenvalue weighted by atomic mass is 10.1. The summed E-state index contributed by atoms with van der Waals surface area (Å²) in [6.45, 7) is 4.63. The smallest absolute Gasteiger partial charge is 0.305 e. The first-order valence-corrected chi connectivity index (χ1v) is 5.01. The molecule has 0 atom stereocenters. The van der Waals surface area contributed by atoms with Gasteiger partial charge in [-0.2, -0.15) is 0 Å². The summed E-state index contributed by atoms with van der Waals surface area (Å²) in [5.41, 5.74) is 3.51. The first-order chi connectivity index (χ1) is 7.00. The van der Waals surface area contributed by atoms with Gasteiger partial charge in [-0.15, -0.1) is 0 Å². The zero-order chi connectivity index (χ0) is 11.4. The van der Waals surface area contributed by atoms with Crippen molar-refractivity contribution in [3.8, 4) is 0 Å². The summed E-state index contributed by atoms with van der Waals surface area (Å²) in [5.74, 6) is -0.758. The number of anilines is 1. The minimum Gasteiger partial charge on any atom is -0.481 e. The molecule has 0 aliphatic carbocycles. The van der Waals surface area contributed by atoms with Crippen LogP contribution in [0.15, 0.2) is 18.2 Å². The summed E-state index contributed by atoms with van der Waals surface area (Å²) < 4.78 is 0. The Morgan fingerprint density at radius 3 is 2.60 bits per heavy atom. The van der Waals surface area contributed by atoms with Crippen molar-refractivity contribution in [1.82, 2.24) is 0 Å². The van der Waals surface area contributed by atoms with E-state index in [4.69, 9.17) is 5.11 Å². The van der Waals surface area contributed by atoms with Crippen LogP contribution in [0.2, 0.25) is 0 Å². The zero-order valence-corrected chi connectivity index (χ0v) is 9.45. The van der Waals surface area contributed by atoms with E-state index in [2.05, 4.69) is 6.07 Å². The fraction of sp³-hybridized carbons (Fsp3) is 0.417. The average Bonchev–Trinajstić information content (AvgIpc) is 2.14. The van der Waals surface area contributed by atoms with E-state index in [0.717, 1.165) is 5.69 Å². The van der Waals surface area contributed by atoms with Crippen molar-refractivity contribution in [3.05, 3.63) is 29.3 Å². The maximum atomic E-state index is 10.4. The van der Waals surface area contributed by atoms with Crippen LogP contribution in [0.5, 0.6) is 0 Å². The Labute approximate surface area is 90.3 Å². The van der Waals surface area contributed by atoms with E-state index in [-0.39, 0.29) is 6.42 Å². The van der Waals surface area contributed by atoms with Crippen LogP contribution in [0, 0.1) is 13.8 Å². The number of hydrogen-bond donors (Lipinski definition) is 1. The summed E-state index contributed by atoms with van der Waals surface area (Å²) in [5, 5.41) is 8.60. The molecule has 0 saturated carbocycles. The molecule has 1 rings (SSSR count). The van der Waals surface area contributed by atoms with E-state index in [1.54, 1.807) is 0 Å². The second-order valence-corrected chi connectivity index (χ2v) is 3.86. The molecule has 15 heavy (non-hydrogen) atoms. The molecule has 0 aromatic heterocycles. The third-order valence-corrected chi connectivity index (χ3v) is 2.42. The molecule has 0 unspecified atom stereocenters. The molecule has 3 heteroatoms. The highest BCUT2D eigenvalue weighted by atomic mass is 16.4. The molecule has 82 valence electrons. The van der Waals surface area contributed by atoms with Crippen LogP contribution in [0.1, 0.15) is 17.5 Å². The molecular formula is C12H17NO2. The fourth-order valence-corrected chi connectivity index (χ4v) is 1.62. The lowest BCUT2D eigenvalue weighted by Gasteiger charge is -2.20. The first kappa shape index (κ1) is 11.6. The number of benzene rings is 1. The minimum atomic E-state index is -0.758. The van der Waals surface area contributed by atoms with Crippen LogP contribution >= 0.6 is 0 Å². The minimum absolute atomic E-state index is 0.170. The molecule has 0 heterocycles. The number of aryl methyl sites for hydroxylation is 2. The van der Waals surface area contributed by atoms with Gasteiger partial charge in [0.2, 0.25) is 0 Å². The number of hydrogen-bond acceptors (Lipinski definition) is 2. The molecule has 3 nitrogen and oxygen atoms in total. The zero-order valence-electron chi connectivity index (χ0n) is 9.45. The lowest BCUT2D eigenvalue weighted by molar-refractivity contribution is -0.136. The van der Waals surface area contributed by atoms with E-state index < -0.39 is 5.97 Å². The standard InChI is InChI=1S/C12H17NO2/c1-9-4-5-11(10(2)8-9)13(3)7-6-12(14)15/h4-5,8H,6-7H2,1-3H3,(H,14,15). The van der Waals surface area contributed by atoms with E-state index in [0.29, 0.717) is 6.54 Å². The normalized spacial score (nSPS) is 10.1. The quantitative estimate of drug-likeness (QED) is 0.823. The predicted octanol–water partition coefficient (Wildman–Crippen LogP) is 2.21. The Bertz CT molecular complexity index is 361. The molecule has 1 aromatic rings. The van der Waals surface area contributed by atoms with Gasteiger partial charge >= 0.3 is 5.97 Å². The molecule has 1 N–H and O–H groups in total. The van der Waals surface area contributed by atoms with Crippen molar-refractivity contribution in [1.29, 1.82) is 0 Å². The maximum absolute atomic E-state index is 10.4. The Balaban J connectivity index is 2.73. The highest BCUT2D eigenvalue weighted by Crippen LogP contribution is 2.19. The predicted molar refractivity (Wildman–Crippen MR) is 61.4 cm³/mol. The number of carboxylic acids is 1. The molecule has 0 aliphatic rings. The average molecular weight is 207 g/mol. The van der Waals surface area contributed by atoms with Crippen LogP contribution in [0.25, 0.3) is 0 Å². The fourth-order valence-electron chi connectivity index (χ4n) is 1.62. The molecule has 0 fully saturated rings. The molecule has 0 amide bonds. The largest absolute Gasteiger partial charge is 0.481 e. The topological polar surface area (TPSA) is 40.5 Å². The van der Waals surface area contributed by atoms with Crippen molar-refractivity contribution in [2.75, 3.05) is 18.5 Å². The third kappa shape index (κ3) is 3.27. The summed E-state index contributed by atoms with van der Waals surface area (Å²) in [6, 6.07) is 6.18. The second kappa shape index (κ2) is 4.82. The molecule has 0 aliphatic heterocycles. The Morgan fingerprint density at radius 1 is 1.40 bits per heavy atom. The van der Waals surface area contributed by atoms with Gasteiger partial charge in [0.25, 0.3) is 0 Å². The van der Waals surface area contributed by atoms with Gasteiger partial charge in [0, 0.05) is 19.3 Å². The number of aliphatic carboxylic acids is 1. The van der Waals surface area contributed by atoms with Crippen molar-refractivity contribution < 1.29 is 9.90 Å². The summed E-state index contributed by atoms with van der Waals surface area (Å²) in [7, 11) is 1.92. The van der Waals surface area contributed by atoms with Crippen molar-refractivity contribution in [3.63, 3.8) is 0 Å². The number of carboxylic acid groups (broad SMARTS) is 1. The highest BCUT2D eigenvalue weighted by molar-refractivity contribution is 5.68. The second-order valence-electron chi connectivity index (χ2n) is 3.86. The maximum Gasteiger partial charge on any atom is 0.305 e. The number of carbonyl (C=O) groups is 1. The summed E-state index contributed by atoms with van der Waals surface area (Å²) in [6.07, 6.45) is 0.170. The van der Waals surface area contributed by atoms with Gasteiger partial charge in [-0.3, -0.25) is 4.79 Å². The van der Waals surface area contributed by atoms with Crippen LogP contribution in [-0.2, 0) is 4.79 Å². The molecular weight excluding hydrogens is 190 g/mol. The highest BCUT2D eigenvalue weighted by Gasteiger charge is 2.06. The molecule has 0 radical (unpaired) electrons. The van der Waals surface area contributed by atoms with Crippen LogP contribution < -0.4 is 4.90 Å². The van der Waals surface area contributed by atoms with E-state index in [1.165, 1.54) is 11.1 Å². The van der Waals surface area contributed by atoms with Gasteiger partial charge in [-0.05, 0) is 25.5 Å². The summed E-state index contributed by atoms with van der Waals surface area (Å²) >= 11 is 0. The van der Waals surface area contributed by atoms with Gasteiger partial charge in [-0.25, -0.2) is 0 Å². The third-order valence-electron chi connectivity index (χ3n) is 2.42. The van der Waals surface area contributed by atoms with Gasteiger partial charge in [0.05, 0.1) is 6.42 Å². The van der Waals surface area contributed by atoms with Crippen LogP contribution in [0.4, 0.5) is 5.69 Å².